The van der Waals surface area contributed by atoms with Crippen LogP contribution in [0.15, 0.2) is 17.1 Å². The van der Waals surface area contributed by atoms with Crippen LogP contribution in [-0.4, -0.2) is 24.5 Å². The summed E-state index contributed by atoms with van der Waals surface area (Å²) in [5.41, 5.74) is 2.12. The highest BCUT2D eigenvalue weighted by molar-refractivity contribution is 14.1. The maximum absolute atomic E-state index is 9.97. The summed E-state index contributed by atoms with van der Waals surface area (Å²) in [6.07, 6.45) is 2.78. The minimum absolute atomic E-state index is 0.362. The Bertz CT molecular complexity index is 404. The van der Waals surface area contributed by atoms with Gasteiger partial charge in [-0.2, -0.15) is 0 Å². The zero-order chi connectivity index (χ0) is 10.8. The third kappa shape index (κ3) is 2.09. The summed E-state index contributed by atoms with van der Waals surface area (Å²) >= 11 is 2.16. The smallest absolute Gasteiger partial charge is 0.152 e. The zero-order valence-corrected chi connectivity index (χ0v) is 10.7. The van der Waals surface area contributed by atoms with E-state index in [2.05, 4.69) is 34.5 Å². The van der Waals surface area contributed by atoms with Crippen molar-refractivity contribution in [1.82, 2.24) is 0 Å². The van der Waals surface area contributed by atoms with Crippen LogP contribution in [0.25, 0.3) is 0 Å². The van der Waals surface area contributed by atoms with Gasteiger partial charge < -0.3 is 10.0 Å². The van der Waals surface area contributed by atoms with Gasteiger partial charge in [-0.15, -0.1) is 0 Å². The van der Waals surface area contributed by atoms with Crippen molar-refractivity contribution in [3.63, 3.8) is 0 Å². The Kier molecular flexibility index (Phi) is 3.14. The number of phenols is 1. The summed E-state index contributed by atoms with van der Waals surface area (Å²) in [5, 5.41) is 9.97. The molecule has 0 spiro atoms. The van der Waals surface area contributed by atoms with Crippen LogP contribution in [0.3, 0.4) is 0 Å². The van der Waals surface area contributed by atoms with Crippen LogP contribution >= 0.6 is 22.6 Å². The van der Waals surface area contributed by atoms with Gasteiger partial charge in [-0.05, 0) is 46.7 Å². The van der Waals surface area contributed by atoms with Crippen molar-refractivity contribution in [2.75, 3.05) is 18.0 Å². The highest BCUT2D eigenvalue weighted by atomic mass is 127. The molecular weight excluding hydrogens is 303 g/mol. The molecule has 1 aliphatic rings. The second kappa shape index (κ2) is 4.38. The Morgan fingerprint density at radius 3 is 2.93 bits per heavy atom. The monoisotopic (exact) mass is 316 g/mol. The van der Waals surface area contributed by atoms with Crippen LogP contribution in [0.1, 0.15) is 12.5 Å². The molecule has 1 aromatic rings. The van der Waals surface area contributed by atoms with E-state index in [9.17, 15) is 5.11 Å². The van der Waals surface area contributed by atoms with E-state index in [0.717, 1.165) is 28.8 Å². The molecule has 0 saturated heterocycles. The molecule has 0 radical (unpaired) electrons. The first kappa shape index (κ1) is 10.7. The molecule has 0 amide bonds. The minimum atomic E-state index is 0.362. The molecule has 2 rings (SSSR count). The molecule has 0 aliphatic carbocycles. The zero-order valence-electron chi connectivity index (χ0n) is 8.57. The predicted molar refractivity (Wildman–Crippen MR) is 70.9 cm³/mol. The van der Waals surface area contributed by atoms with Gasteiger partial charge in [0.25, 0.3) is 0 Å². The third-order valence-corrected chi connectivity index (χ3v) is 3.33. The maximum Gasteiger partial charge on any atom is 0.152 e. The number of benzene rings is 1. The number of nitrogens with zero attached hydrogens (tertiary/aromatic N) is 2. The highest BCUT2D eigenvalue weighted by Gasteiger charge is 2.15. The quantitative estimate of drug-likeness (QED) is 0.851. The summed E-state index contributed by atoms with van der Waals surface area (Å²) in [5.74, 6) is 0.362. The number of anilines is 1. The van der Waals surface area contributed by atoms with Crippen molar-refractivity contribution in [2.45, 2.75) is 13.3 Å². The normalized spacial score (nSPS) is 14.9. The molecule has 0 fully saturated rings. The average molecular weight is 316 g/mol. The Morgan fingerprint density at radius 2 is 2.33 bits per heavy atom. The van der Waals surface area contributed by atoms with E-state index in [1.54, 1.807) is 6.34 Å². The summed E-state index contributed by atoms with van der Waals surface area (Å²) in [6.45, 7) is 3.79. The Morgan fingerprint density at radius 1 is 1.53 bits per heavy atom. The van der Waals surface area contributed by atoms with Crippen molar-refractivity contribution in [2.24, 2.45) is 4.99 Å². The molecule has 1 N–H and O–H groups in total. The van der Waals surface area contributed by atoms with Crippen molar-refractivity contribution in [3.05, 3.63) is 21.3 Å². The fourth-order valence-electron chi connectivity index (χ4n) is 1.62. The standard InChI is InChI=1S/C11H13IN2O/c1-2-8-5-9(12)11(15)10(6-8)14-4-3-13-7-14/h5-7,15H,2-4H2,1H3. The van der Waals surface area contributed by atoms with Gasteiger partial charge in [0, 0.05) is 6.54 Å². The van der Waals surface area contributed by atoms with E-state index in [1.165, 1.54) is 5.56 Å². The minimum Gasteiger partial charge on any atom is -0.505 e. The molecule has 0 unspecified atom stereocenters. The molecule has 0 aromatic heterocycles. The predicted octanol–water partition coefficient (Wildman–Crippen LogP) is 2.41. The van der Waals surface area contributed by atoms with Gasteiger partial charge in [0.05, 0.1) is 22.1 Å². The molecular formula is C11H13IN2O. The van der Waals surface area contributed by atoms with Crippen LogP contribution in [0.2, 0.25) is 0 Å². The molecule has 1 heterocycles. The Labute approximate surface area is 103 Å². The average Bonchev–Trinajstić information content (AvgIpc) is 2.75. The molecule has 15 heavy (non-hydrogen) atoms. The van der Waals surface area contributed by atoms with E-state index < -0.39 is 0 Å². The highest BCUT2D eigenvalue weighted by Crippen LogP contribution is 2.33. The van der Waals surface area contributed by atoms with Crippen molar-refractivity contribution >= 4 is 34.6 Å². The van der Waals surface area contributed by atoms with Crippen LogP contribution in [0.4, 0.5) is 5.69 Å². The summed E-state index contributed by atoms with van der Waals surface area (Å²) in [4.78, 5) is 6.15. The summed E-state index contributed by atoms with van der Waals surface area (Å²) in [7, 11) is 0. The van der Waals surface area contributed by atoms with E-state index in [0.29, 0.717) is 5.75 Å². The summed E-state index contributed by atoms with van der Waals surface area (Å²) in [6, 6.07) is 4.06. The molecule has 1 aliphatic heterocycles. The number of aryl methyl sites for hydroxylation is 1. The summed E-state index contributed by atoms with van der Waals surface area (Å²) < 4.78 is 0.905. The molecule has 0 atom stereocenters. The lowest BCUT2D eigenvalue weighted by Gasteiger charge is -2.17. The first-order valence-corrected chi connectivity index (χ1v) is 6.08. The number of aromatic hydroxyl groups is 1. The first-order valence-electron chi connectivity index (χ1n) is 5.00. The number of rotatable bonds is 2. The molecule has 3 nitrogen and oxygen atoms in total. The lowest BCUT2D eigenvalue weighted by Crippen LogP contribution is -2.18. The molecule has 4 heteroatoms. The third-order valence-electron chi connectivity index (χ3n) is 2.51. The van der Waals surface area contributed by atoms with E-state index in [1.807, 2.05) is 17.0 Å². The van der Waals surface area contributed by atoms with Crippen LogP contribution in [0.5, 0.6) is 5.75 Å². The van der Waals surface area contributed by atoms with Crippen molar-refractivity contribution < 1.29 is 5.11 Å². The molecule has 0 bridgehead atoms. The first-order chi connectivity index (χ1) is 7.22. The SMILES string of the molecule is CCc1cc(I)c(O)c(N2C=NCC2)c1. The fourth-order valence-corrected chi connectivity index (χ4v) is 2.30. The molecule has 1 aromatic carbocycles. The van der Waals surface area contributed by atoms with E-state index in [-0.39, 0.29) is 0 Å². The van der Waals surface area contributed by atoms with Crippen LogP contribution < -0.4 is 4.90 Å². The Balaban J connectivity index is 2.44. The second-order valence-electron chi connectivity index (χ2n) is 3.51. The number of phenolic OH excluding ortho intramolecular Hbond substituents is 1. The number of hydrogen-bond acceptors (Lipinski definition) is 3. The molecule has 80 valence electrons. The van der Waals surface area contributed by atoms with Gasteiger partial charge in [-0.25, -0.2) is 0 Å². The largest absolute Gasteiger partial charge is 0.505 e. The topological polar surface area (TPSA) is 35.8 Å². The maximum atomic E-state index is 9.97. The number of halogens is 1. The van der Waals surface area contributed by atoms with Gasteiger partial charge in [-0.3, -0.25) is 4.99 Å². The number of aliphatic imine (C=N–C) groups is 1. The lowest BCUT2D eigenvalue weighted by molar-refractivity contribution is 0.472. The van der Waals surface area contributed by atoms with Gasteiger partial charge in [0.1, 0.15) is 0 Å². The van der Waals surface area contributed by atoms with Crippen LogP contribution in [-0.2, 0) is 6.42 Å². The van der Waals surface area contributed by atoms with Crippen molar-refractivity contribution in [3.8, 4) is 5.75 Å². The van der Waals surface area contributed by atoms with E-state index in [4.69, 9.17) is 0 Å². The number of hydrogen-bond donors (Lipinski definition) is 1. The lowest BCUT2D eigenvalue weighted by atomic mass is 10.1. The van der Waals surface area contributed by atoms with Gasteiger partial charge in [-0.1, -0.05) is 6.92 Å². The van der Waals surface area contributed by atoms with Gasteiger partial charge in [0.2, 0.25) is 0 Å². The van der Waals surface area contributed by atoms with Gasteiger partial charge >= 0.3 is 0 Å². The Hall–Kier alpha value is -0.780. The van der Waals surface area contributed by atoms with Crippen LogP contribution in [0, 0.1) is 3.57 Å². The second-order valence-corrected chi connectivity index (χ2v) is 4.68. The van der Waals surface area contributed by atoms with E-state index >= 15 is 0 Å². The molecule has 0 saturated carbocycles. The van der Waals surface area contributed by atoms with Crippen molar-refractivity contribution in [1.29, 1.82) is 0 Å². The fraction of sp³-hybridized carbons (Fsp3) is 0.364. The van der Waals surface area contributed by atoms with Gasteiger partial charge in [0.15, 0.2) is 5.75 Å².